The molecule has 0 unspecified atom stereocenters. The molecule has 1 fully saturated rings. The van der Waals surface area contributed by atoms with E-state index < -0.39 is 0 Å². The summed E-state index contributed by atoms with van der Waals surface area (Å²) in [5.74, 6) is 1.58. The molecule has 0 saturated heterocycles. The average Bonchev–Trinajstić information content (AvgIpc) is 3.00. The maximum absolute atomic E-state index is 5.30. The third kappa shape index (κ3) is 3.09. The number of hydrogen-bond acceptors (Lipinski definition) is 4. The number of hydrogen-bond donors (Lipinski definition) is 1. The molecule has 0 amide bonds. The van der Waals surface area contributed by atoms with Gasteiger partial charge in [-0.1, -0.05) is 25.1 Å². The lowest BCUT2D eigenvalue weighted by Crippen LogP contribution is -2.04. The van der Waals surface area contributed by atoms with E-state index in [1.807, 2.05) is 13.0 Å². The van der Waals surface area contributed by atoms with Gasteiger partial charge in [-0.2, -0.15) is 0 Å². The van der Waals surface area contributed by atoms with Crippen LogP contribution < -0.4 is 0 Å². The van der Waals surface area contributed by atoms with E-state index in [-0.39, 0.29) is 0 Å². The van der Waals surface area contributed by atoms with Gasteiger partial charge < -0.3 is 4.98 Å². The predicted molar refractivity (Wildman–Crippen MR) is 80.3 cm³/mol. The standard InChI is InChI=1S/C14H17N3S2/c1-9-15-11(8-19-9)6-13-16-12(7-14(18)17-13)10-4-2-3-5-10/h7-8,10H,2-6H2,1H3,(H,16,17,18). The Balaban J connectivity index is 1.86. The van der Waals surface area contributed by atoms with E-state index in [0.29, 0.717) is 10.6 Å². The number of aromatic amines is 1. The highest BCUT2D eigenvalue weighted by Gasteiger charge is 2.18. The van der Waals surface area contributed by atoms with Crippen LogP contribution in [0.1, 0.15) is 53.8 Å². The summed E-state index contributed by atoms with van der Waals surface area (Å²) in [5.41, 5.74) is 2.34. The Labute approximate surface area is 122 Å². The fraction of sp³-hybridized carbons (Fsp3) is 0.500. The molecule has 2 aromatic heterocycles. The van der Waals surface area contributed by atoms with Crippen molar-refractivity contribution >= 4 is 23.6 Å². The van der Waals surface area contributed by atoms with E-state index in [0.717, 1.165) is 22.9 Å². The van der Waals surface area contributed by atoms with Gasteiger partial charge >= 0.3 is 0 Å². The Hall–Kier alpha value is -1.07. The number of nitrogens with zero attached hydrogens (tertiary/aromatic N) is 2. The summed E-state index contributed by atoms with van der Waals surface area (Å²) in [4.78, 5) is 12.4. The summed E-state index contributed by atoms with van der Waals surface area (Å²) in [5, 5.41) is 3.19. The first-order valence-corrected chi connectivity index (χ1v) is 8.00. The Bertz CT molecular complexity index is 624. The third-order valence-corrected chi connectivity index (χ3v) is 4.65. The minimum absolute atomic E-state index is 0.639. The van der Waals surface area contributed by atoms with Gasteiger partial charge in [-0.05, 0) is 31.7 Å². The zero-order valence-corrected chi connectivity index (χ0v) is 12.6. The molecule has 3 nitrogen and oxygen atoms in total. The van der Waals surface area contributed by atoms with Crippen LogP contribution in [-0.4, -0.2) is 15.0 Å². The molecule has 3 rings (SSSR count). The highest BCUT2D eigenvalue weighted by molar-refractivity contribution is 7.71. The lowest BCUT2D eigenvalue weighted by Gasteiger charge is -2.11. The number of thiazole rings is 1. The number of rotatable bonds is 3. The molecule has 0 aliphatic heterocycles. The van der Waals surface area contributed by atoms with Crippen molar-refractivity contribution in [1.29, 1.82) is 0 Å². The molecule has 2 aromatic rings. The second kappa shape index (κ2) is 5.51. The van der Waals surface area contributed by atoms with Gasteiger partial charge in [-0.3, -0.25) is 0 Å². The first-order valence-electron chi connectivity index (χ1n) is 6.72. The van der Waals surface area contributed by atoms with E-state index >= 15 is 0 Å². The summed E-state index contributed by atoms with van der Waals surface area (Å²) in [6.45, 7) is 2.03. The van der Waals surface area contributed by atoms with Crippen molar-refractivity contribution in [2.24, 2.45) is 0 Å². The number of aryl methyl sites for hydroxylation is 1. The molecular formula is C14H17N3S2. The summed E-state index contributed by atoms with van der Waals surface area (Å²) in [7, 11) is 0. The van der Waals surface area contributed by atoms with Gasteiger partial charge in [0.2, 0.25) is 0 Å². The lowest BCUT2D eigenvalue weighted by atomic mass is 10.0. The van der Waals surface area contributed by atoms with Gasteiger partial charge in [-0.25, -0.2) is 9.97 Å². The fourth-order valence-corrected chi connectivity index (χ4v) is 3.58. The monoisotopic (exact) mass is 291 g/mol. The van der Waals surface area contributed by atoms with Gasteiger partial charge in [-0.15, -0.1) is 11.3 Å². The largest absolute Gasteiger partial charge is 0.347 e. The molecule has 1 aliphatic carbocycles. The van der Waals surface area contributed by atoms with Crippen LogP contribution in [0.3, 0.4) is 0 Å². The normalized spacial score (nSPS) is 16.1. The maximum Gasteiger partial charge on any atom is 0.130 e. The van der Waals surface area contributed by atoms with Crippen molar-refractivity contribution in [2.75, 3.05) is 0 Å². The van der Waals surface area contributed by atoms with Crippen molar-refractivity contribution in [1.82, 2.24) is 15.0 Å². The van der Waals surface area contributed by atoms with Gasteiger partial charge in [0, 0.05) is 17.5 Å². The molecule has 0 aromatic carbocycles. The van der Waals surface area contributed by atoms with Crippen LogP contribution in [0.5, 0.6) is 0 Å². The smallest absolute Gasteiger partial charge is 0.130 e. The van der Waals surface area contributed by atoms with E-state index in [9.17, 15) is 0 Å². The number of H-pyrrole nitrogens is 1. The van der Waals surface area contributed by atoms with Crippen molar-refractivity contribution in [3.63, 3.8) is 0 Å². The molecule has 100 valence electrons. The second-order valence-corrected chi connectivity index (χ2v) is 6.62. The van der Waals surface area contributed by atoms with E-state index in [4.69, 9.17) is 12.2 Å². The lowest BCUT2D eigenvalue weighted by molar-refractivity contribution is 0.684. The zero-order chi connectivity index (χ0) is 13.2. The molecule has 0 radical (unpaired) electrons. The van der Waals surface area contributed by atoms with Gasteiger partial charge in [0.05, 0.1) is 10.7 Å². The van der Waals surface area contributed by atoms with Crippen LogP contribution in [0.2, 0.25) is 0 Å². The molecule has 2 heterocycles. The van der Waals surface area contributed by atoms with E-state index in [2.05, 4.69) is 20.3 Å². The first-order chi connectivity index (χ1) is 9.20. The van der Waals surface area contributed by atoms with E-state index in [1.54, 1.807) is 11.3 Å². The first kappa shape index (κ1) is 12.9. The van der Waals surface area contributed by atoms with Crippen LogP contribution in [0, 0.1) is 11.6 Å². The molecular weight excluding hydrogens is 274 g/mol. The van der Waals surface area contributed by atoms with Gasteiger partial charge in [0.25, 0.3) is 0 Å². The molecule has 0 spiro atoms. The van der Waals surface area contributed by atoms with Crippen molar-refractivity contribution in [3.8, 4) is 0 Å². The minimum Gasteiger partial charge on any atom is -0.347 e. The van der Waals surface area contributed by atoms with E-state index in [1.165, 1.54) is 31.4 Å². The maximum atomic E-state index is 5.30. The summed E-state index contributed by atoms with van der Waals surface area (Å²) < 4.78 is 0.697. The van der Waals surface area contributed by atoms with Crippen molar-refractivity contribution in [2.45, 2.75) is 44.9 Å². The average molecular weight is 291 g/mol. The molecule has 19 heavy (non-hydrogen) atoms. The topological polar surface area (TPSA) is 41.6 Å². The molecule has 1 N–H and O–H groups in total. The third-order valence-electron chi connectivity index (χ3n) is 3.62. The Morgan fingerprint density at radius 3 is 2.84 bits per heavy atom. The Morgan fingerprint density at radius 2 is 2.16 bits per heavy atom. The Kier molecular flexibility index (Phi) is 3.75. The highest BCUT2D eigenvalue weighted by Crippen LogP contribution is 2.32. The van der Waals surface area contributed by atoms with Crippen molar-refractivity contribution in [3.05, 3.63) is 38.3 Å². The summed E-state index contributed by atoms with van der Waals surface area (Å²) in [6.07, 6.45) is 5.94. The van der Waals surface area contributed by atoms with Crippen molar-refractivity contribution < 1.29 is 0 Å². The molecule has 0 atom stereocenters. The number of aromatic nitrogens is 3. The molecule has 5 heteroatoms. The van der Waals surface area contributed by atoms with Crippen LogP contribution in [0.4, 0.5) is 0 Å². The SMILES string of the molecule is Cc1nc(Cc2nc(=S)cc(C3CCCC3)[nH]2)cs1. The number of nitrogens with one attached hydrogen (secondary N) is 1. The summed E-state index contributed by atoms with van der Waals surface area (Å²) in [6, 6.07) is 2.03. The molecule has 1 saturated carbocycles. The van der Waals surface area contributed by atoms with Crippen LogP contribution in [-0.2, 0) is 6.42 Å². The summed E-state index contributed by atoms with van der Waals surface area (Å²) >= 11 is 6.97. The van der Waals surface area contributed by atoms with Crippen LogP contribution in [0.15, 0.2) is 11.4 Å². The quantitative estimate of drug-likeness (QED) is 0.864. The second-order valence-electron chi connectivity index (χ2n) is 5.14. The van der Waals surface area contributed by atoms with Crippen LogP contribution >= 0.6 is 23.6 Å². The fourth-order valence-electron chi connectivity index (χ4n) is 2.73. The Morgan fingerprint density at radius 1 is 1.37 bits per heavy atom. The van der Waals surface area contributed by atoms with Crippen LogP contribution in [0.25, 0.3) is 0 Å². The molecule has 0 bridgehead atoms. The van der Waals surface area contributed by atoms with Gasteiger partial charge in [0.15, 0.2) is 0 Å². The molecule has 1 aliphatic rings. The highest BCUT2D eigenvalue weighted by atomic mass is 32.1. The zero-order valence-electron chi connectivity index (χ0n) is 11.0. The predicted octanol–water partition coefficient (Wildman–Crippen LogP) is 4.15. The van der Waals surface area contributed by atoms with Gasteiger partial charge in [0.1, 0.15) is 10.5 Å². The minimum atomic E-state index is 0.639.